The lowest BCUT2D eigenvalue weighted by Gasteiger charge is -2.33. The van der Waals surface area contributed by atoms with E-state index in [9.17, 15) is 14.4 Å². The summed E-state index contributed by atoms with van der Waals surface area (Å²) >= 11 is 0. The van der Waals surface area contributed by atoms with Gasteiger partial charge in [-0.1, -0.05) is 12.1 Å². The Balaban J connectivity index is 2.56. The molecular formula is C23H32N2O7. The van der Waals surface area contributed by atoms with E-state index in [1.807, 2.05) is 0 Å². The second-order valence-corrected chi connectivity index (χ2v) is 9.27. The average Bonchev–Trinajstić information content (AvgIpc) is 3.04. The molecule has 9 heteroatoms. The largest absolute Gasteiger partial charge is 0.497 e. The molecule has 1 heterocycles. The molecule has 32 heavy (non-hydrogen) atoms. The maximum Gasteiger partial charge on any atom is 0.434 e. The molecule has 0 unspecified atom stereocenters. The van der Waals surface area contributed by atoms with E-state index in [-0.39, 0.29) is 6.42 Å². The predicted octanol–water partition coefficient (Wildman–Crippen LogP) is 4.37. The van der Waals surface area contributed by atoms with Crippen LogP contribution in [0.5, 0.6) is 5.75 Å². The number of esters is 1. The summed E-state index contributed by atoms with van der Waals surface area (Å²) in [6.45, 7) is 10.2. The van der Waals surface area contributed by atoms with Crippen molar-refractivity contribution in [2.24, 2.45) is 0 Å². The van der Waals surface area contributed by atoms with E-state index in [1.54, 1.807) is 79.0 Å². The molecule has 0 N–H and O–H groups in total. The molecule has 1 aliphatic rings. The predicted molar refractivity (Wildman–Crippen MR) is 118 cm³/mol. The molecule has 0 bridgehead atoms. The Morgan fingerprint density at radius 3 is 1.91 bits per heavy atom. The number of hydrazine groups is 1. The van der Waals surface area contributed by atoms with E-state index in [0.717, 1.165) is 15.6 Å². The summed E-state index contributed by atoms with van der Waals surface area (Å²) in [7, 11) is 2.78. The van der Waals surface area contributed by atoms with Gasteiger partial charge < -0.3 is 18.9 Å². The smallest absolute Gasteiger partial charge is 0.434 e. The van der Waals surface area contributed by atoms with E-state index < -0.39 is 35.4 Å². The third-order valence-electron chi connectivity index (χ3n) is 4.25. The molecule has 2 amide bonds. The Morgan fingerprint density at radius 2 is 1.44 bits per heavy atom. The van der Waals surface area contributed by atoms with Crippen LogP contribution in [0.3, 0.4) is 0 Å². The molecule has 1 fully saturated rings. The number of methoxy groups -OCH3 is 2. The minimum atomic E-state index is -1.09. The van der Waals surface area contributed by atoms with Crippen LogP contribution in [0.25, 0.3) is 6.08 Å². The van der Waals surface area contributed by atoms with E-state index in [2.05, 4.69) is 0 Å². The van der Waals surface area contributed by atoms with Gasteiger partial charge in [0.1, 0.15) is 17.0 Å². The van der Waals surface area contributed by atoms with Crippen LogP contribution in [0.4, 0.5) is 9.59 Å². The van der Waals surface area contributed by atoms with Crippen LogP contribution < -0.4 is 4.74 Å². The number of benzene rings is 1. The van der Waals surface area contributed by atoms with Crippen molar-refractivity contribution < 1.29 is 33.3 Å². The molecule has 9 nitrogen and oxygen atoms in total. The summed E-state index contributed by atoms with van der Waals surface area (Å²) in [4.78, 5) is 38.7. The molecule has 0 spiro atoms. The van der Waals surface area contributed by atoms with E-state index in [4.69, 9.17) is 18.9 Å². The van der Waals surface area contributed by atoms with E-state index in [1.165, 1.54) is 7.11 Å². The van der Waals surface area contributed by atoms with Gasteiger partial charge in [-0.25, -0.2) is 14.4 Å². The standard InChI is InChI=1S/C23H32N2O7/c1-22(2,3)31-20(27)24-16(13-15-9-11-17(29-7)12-10-15)14-18(19(26)30-8)25(24)21(28)32-23(4,5)6/h9-13,18H,14H2,1-8H3/b16-13-/t18-/m1/s1. The lowest BCUT2D eigenvalue weighted by Crippen LogP contribution is -2.53. The van der Waals surface area contributed by atoms with Gasteiger partial charge in [-0.3, -0.25) is 0 Å². The summed E-state index contributed by atoms with van der Waals surface area (Å²) in [6.07, 6.45) is 0.0623. The van der Waals surface area contributed by atoms with Crippen molar-refractivity contribution in [2.75, 3.05) is 14.2 Å². The van der Waals surface area contributed by atoms with Crippen molar-refractivity contribution >= 4 is 24.2 Å². The molecule has 1 atom stereocenters. The number of carbonyl (C=O) groups excluding carboxylic acids is 3. The van der Waals surface area contributed by atoms with Crippen LogP contribution in [0.2, 0.25) is 0 Å². The van der Waals surface area contributed by atoms with Gasteiger partial charge in [0.05, 0.1) is 19.9 Å². The number of amides is 2. The quantitative estimate of drug-likeness (QED) is 0.500. The number of hydrogen-bond donors (Lipinski definition) is 0. The van der Waals surface area contributed by atoms with Gasteiger partial charge in [-0.15, -0.1) is 0 Å². The van der Waals surface area contributed by atoms with Crippen molar-refractivity contribution in [3.63, 3.8) is 0 Å². The summed E-state index contributed by atoms with van der Waals surface area (Å²) in [6, 6.07) is 6.03. The van der Waals surface area contributed by atoms with Crippen molar-refractivity contribution in [1.82, 2.24) is 10.0 Å². The van der Waals surface area contributed by atoms with Crippen molar-refractivity contribution in [3.05, 3.63) is 35.5 Å². The van der Waals surface area contributed by atoms with Crippen LogP contribution in [-0.2, 0) is 19.0 Å². The van der Waals surface area contributed by atoms with Crippen LogP contribution in [-0.4, -0.2) is 59.6 Å². The summed E-state index contributed by atoms with van der Waals surface area (Å²) in [5.41, 5.74) is -0.555. The number of ether oxygens (including phenoxy) is 4. The average molecular weight is 449 g/mol. The number of rotatable bonds is 3. The highest BCUT2D eigenvalue weighted by molar-refractivity contribution is 5.87. The first-order valence-electron chi connectivity index (χ1n) is 10.2. The minimum absolute atomic E-state index is 0.0389. The van der Waals surface area contributed by atoms with Gasteiger partial charge in [-0.05, 0) is 65.3 Å². The first kappa shape index (κ1) is 25.0. The molecule has 176 valence electrons. The van der Waals surface area contributed by atoms with Crippen molar-refractivity contribution in [2.45, 2.75) is 65.2 Å². The molecule has 1 aliphatic heterocycles. The zero-order valence-corrected chi connectivity index (χ0v) is 19.9. The van der Waals surface area contributed by atoms with Gasteiger partial charge in [-0.2, -0.15) is 10.0 Å². The SMILES string of the molecule is COC(=O)[C@H]1C/C(=C/c2ccc(OC)cc2)N(C(=O)OC(C)(C)C)N1C(=O)OC(C)(C)C. The van der Waals surface area contributed by atoms with Gasteiger partial charge in [0, 0.05) is 6.42 Å². The topological polar surface area (TPSA) is 94.6 Å². The third kappa shape index (κ3) is 6.38. The fourth-order valence-corrected chi connectivity index (χ4v) is 3.01. The van der Waals surface area contributed by atoms with Gasteiger partial charge in [0.15, 0.2) is 6.04 Å². The minimum Gasteiger partial charge on any atom is -0.497 e. The Labute approximate surface area is 188 Å². The third-order valence-corrected chi connectivity index (χ3v) is 4.25. The first-order valence-corrected chi connectivity index (χ1v) is 10.2. The highest BCUT2D eigenvalue weighted by atomic mass is 16.6. The van der Waals surface area contributed by atoms with Crippen LogP contribution >= 0.6 is 0 Å². The monoisotopic (exact) mass is 448 g/mol. The normalized spacial score (nSPS) is 17.9. The fourth-order valence-electron chi connectivity index (χ4n) is 3.01. The Morgan fingerprint density at radius 1 is 0.906 bits per heavy atom. The Kier molecular flexibility index (Phi) is 7.43. The van der Waals surface area contributed by atoms with E-state index in [0.29, 0.717) is 11.4 Å². The van der Waals surface area contributed by atoms with Crippen molar-refractivity contribution in [1.29, 1.82) is 0 Å². The Hall–Kier alpha value is -3.23. The molecule has 0 radical (unpaired) electrons. The maximum atomic E-state index is 13.1. The molecule has 0 aliphatic carbocycles. The van der Waals surface area contributed by atoms with Gasteiger partial charge >= 0.3 is 18.2 Å². The van der Waals surface area contributed by atoms with Crippen LogP contribution in [0.15, 0.2) is 30.0 Å². The lowest BCUT2D eigenvalue weighted by molar-refractivity contribution is -0.149. The van der Waals surface area contributed by atoms with Gasteiger partial charge in [0.2, 0.25) is 0 Å². The molecule has 0 aromatic heterocycles. The molecule has 1 aromatic carbocycles. The molecule has 1 saturated heterocycles. The zero-order chi connectivity index (χ0) is 24.3. The highest BCUT2D eigenvalue weighted by Gasteiger charge is 2.49. The summed E-state index contributed by atoms with van der Waals surface area (Å²) < 4.78 is 21.1. The molecule has 1 aromatic rings. The zero-order valence-electron chi connectivity index (χ0n) is 19.9. The highest BCUT2D eigenvalue weighted by Crippen LogP contribution is 2.34. The maximum absolute atomic E-state index is 13.1. The molecule has 2 rings (SSSR count). The second-order valence-electron chi connectivity index (χ2n) is 9.27. The second kappa shape index (κ2) is 9.50. The summed E-state index contributed by atoms with van der Waals surface area (Å²) in [5.74, 6) is -0.00654. The van der Waals surface area contributed by atoms with Gasteiger partial charge in [0.25, 0.3) is 0 Å². The lowest BCUT2D eigenvalue weighted by atomic mass is 10.1. The fraction of sp³-hybridized carbons (Fsp3) is 0.522. The first-order chi connectivity index (χ1) is 14.8. The summed E-state index contributed by atoms with van der Waals surface area (Å²) in [5, 5.41) is 2.01. The van der Waals surface area contributed by atoms with E-state index >= 15 is 0 Å². The Bertz CT molecular complexity index is 879. The number of nitrogens with zero attached hydrogens (tertiary/aromatic N) is 2. The van der Waals surface area contributed by atoms with Crippen LogP contribution in [0, 0.1) is 0 Å². The number of hydrogen-bond acceptors (Lipinski definition) is 7. The molecular weight excluding hydrogens is 416 g/mol. The van der Waals surface area contributed by atoms with Crippen LogP contribution in [0.1, 0.15) is 53.5 Å². The molecule has 0 saturated carbocycles. The number of carbonyl (C=O) groups is 3. The van der Waals surface area contributed by atoms with Crippen molar-refractivity contribution in [3.8, 4) is 5.75 Å².